The number of anilines is 1. The topological polar surface area (TPSA) is 94.3 Å². The summed E-state index contributed by atoms with van der Waals surface area (Å²) in [6, 6.07) is 10.2. The summed E-state index contributed by atoms with van der Waals surface area (Å²) in [5.74, 6) is -0.669. The first-order valence-corrected chi connectivity index (χ1v) is 8.56. The largest absolute Gasteiger partial charge is 0.462 e. The summed E-state index contributed by atoms with van der Waals surface area (Å²) < 4.78 is 10.5. The fourth-order valence-electron chi connectivity index (χ4n) is 2.10. The number of ether oxygens (including phenoxy) is 1. The lowest BCUT2D eigenvalue weighted by Gasteiger charge is -2.09. The second-order valence-electron chi connectivity index (χ2n) is 4.91. The molecule has 0 radical (unpaired) electrons. The van der Waals surface area contributed by atoms with E-state index in [4.69, 9.17) is 9.15 Å². The van der Waals surface area contributed by atoms with Crippen molar-refractivity contribution in [1.29, 1.82) is 0 Å². The van der Waals surface area contributed by atoms with E-state index in [2.05, 4.69) is 15.3 Å². The normalized spacial score (nSPS) is 10.6. The number of hydrogen-bond donors (Lipinski definition) is 1. The Balaban J connectivity index is 1.64. The molecule has 1 aromatic carbocycles. The second kappa shape index (κ2) is 7.80. The molecular formula is C17H15N3O4S. The molecule has 0 saturated carbocycles. The zero-order valence-corrected chi connectivity index (χ0v) is 14.2. The second-order valence-corrected chi connectivity index (χ2v) is 5.83. The molecule has 0 aliphatic carbocycles. The first-order valence-electron chi connectivity index (χ1n) is 7.57. The van der Waals surface area contributed by atoms with E-state index >= 15 is 0 Å². The molecule has 0 atom stereocenters. The summed E-state index contributed by atoms with van der Waals surface area (Å²) >= 11 is 1.15. The van der Waals surface area contributed by atoms with Crippen molar-refractivity contribution in [1.82, 2.24) is 9.97 Å². The van der Waals surface area contributed by atoms with Crippen LogP contribution in [0.25, 0.3) is 11.2 Å². The van der Waals surface area contributed by atoms with Gasteiger partial charge in [-0.1, -0.05) is 23.9 Å². The third kappa shape index (κ3) is 4.16. The lowest BCUT2D eigenvalue weighted by atomic mass is 10.2. The molecule has 1 N–H and O–H groups in total. The van der Waals surface area contributed by atoms with Gasteiger partial charge in [-0.2, -0.15) is 4.98 Å². The minimum absolute atomic E-state index is 0.0873. The van der Waals surface area contributed by atoms with Crippen LogP contribution in [0.5, 0.6) is 0 Å². The van der Waals surface area contributed by atoms with Crippen LogP contribution in [0.4, 0.5) is 5.69 Å². The van der Waals surface area contributed by atoms with E-state index in [-0.39, 0.29) is 18.3 Å². The summed E-state index contributed by atoms with van der Waals surface area (Å²) in [7, 11) is 0. The van der Waals surface area contributed by atoms with Crippen LogP contribution >= 0.6 is 11.8 Å². The summed E-state index contributed by atoms with van der Waals surface area (Å²) in [6.45, 7) is 1.99. The maximum absolute atomic E-state index is 12.2. The molecule has 128 valence electrons. The van der Waals surface area contributed by atoms with Gasteiger partial charge in [0, 0.05) is 6.20 Å². The van der Waals surface area contributed by atoms with Crippen molar-refractivity contribution >= 4 is 40.6 Å². The SMILES string of the molecule is CCOC(=O)c1ccccc1NC(=O)CSc1nc2ncccc2o1. The first-order chi connectivity index (χ1) is 12.2. The summed E-state index contributed by atoms with van der Waals surface area (Å²) in [5.41, 5.74) is 1.79. The van der Waals surface area contributed by atoms with Gasteiger partial charge in [-0.15, -0.1) is 0 Å². The molecule has 0 aliphatic rings. The predicted molar refractivity (Wildman–Crippen MR) is 93.6 cm³/mol. The Kier molecular flexibility index (Phi) is 5.30. The van der Waals surface area contributed by atoms with Crippen molar-refractivity contribution in [2.45, 2.75) is 12.1 Å². The zero-order valence-electron chi connectivity index (χ0n) is 13.4. The lowest BCUT2D eigenvalue weighted by Crippen LogP contribution is -2.17. The number of nitrogens with zero attached hydrogens (tertiary/aromatic N) is 2. The molecule has 0 bridgehead atoms. The minimum Gasteiger partial charge on any atom is -0.462 e. The minimum atomic E-state index is -0.476. The number of oxazole rings is 1. The summed E-state index contributed by atoms with van der Waals surface area (Å²) in [6.07, 6.45) is 1.62. The third-order valence-electron chi connectivity index (χ3n) is 3.17. The van der Waals surface area contributed by atoms with E-state index in [9.17, 15) is 9.59 Å². The van der Waals surface area contributed by atoms with Gasteiger partial charge in [0.05, 0.1) is 23.6 Å². The van der Waals surface area contributed by atoms with Gasteiger partial charge >= 0.3 is 5.97 Å². The number of amides is 1. The molecule has 7 nitrogen and oxygen atoms in total. The maximum Gasteiger partial charge on any atom is 0.340 e. The van der Waals surface area contributed by atoms with Crippen molar-refractivity contribution in [3.05, 3.63) is 48.2 Å². The molecule has 0 unspecified atom stereocenters. The van der Waals surface area contributed by atoms with Crippen LogP contribution < -0.4 is 5.32 Å². The molecule has 25 heavy (non-hydrogen) atoms. The third-order valence-corrected chi connectivity index (χ3v) is 4.00. The quantitative estimate of drug-likeness (QED) is 0.535. The van der Waals surface area contributed by atoms with Crippen molar-refractivity contribution in [2.75, 3.05) is 17.7 Å². The molecule has 8 heteroatoms. The molecule has 0 aliphatic heterocycles. The molecule has 0 saturated heterocycles. The molecule has 2 heterocycles. The van der Waals surface area contributed by atoms with Gasteiger partial charge in [0.15, 0.2) is 11.2 Å². The van der Waals surface area contributed by atoms with Gasteiger partial charge in [-0.25, -0.2) is 9.78 Å². The standard InChI is InChI=1S/C17H15N3O4S/c1-2-23-16(22)11-6-3-4-7-12(11)19-14(21)10-25-17-20-15-13(24-17)8-5-9-18-15/h3-9H,2,10H2,1H3,(H,19,21). The van der Waals surface area contributed by atoms with Gasteiger partial charge in [0.2, 0.25) is 5.91 Å². The van der Waals surface area contributed by atoms with Crippen LogP contribution in [0.2, 0.25) is 0 Å². The highest BCUT2D eigenvalue weighted by atomic mass is 32.2. The summed E-state index contributed by atoms with van der Waals surface area (Å²) in [5, 5.41) is 3.07. The van der Waals surface area contributed by atoms with Crippen LogP contribution in [0.15, 0.2) is 52.2 Å². The highest BCUT2D eigenvalue weighted by Crippen LogP contribution is 2.22. The van der Waals surface area contributed by atoms with Gasteiger partial charge in [0.1, 0.15) is 0 Å². The fourth-order valence-corrected chi connectivity index (χ4v) is 2.73. The number of pyridine rings is 1. The van der Waals surface area contributed by atoms with Crippen molar-refractivity contribution < 1.29 is 18.7 Å². The molecule has 1 amide bonds. The van der Waals surface area contributed by atoms with Gasteiger partial charge in [0.25, 0.3) is 5.22 Å². The Hall–Kier alpha value is -2.87. The number of para-hydroxylation sites is 1. The number of esters is 1. The lowest BCUT2D eigenvalue weighted by molar-refractivity contribution is -0.113. The number of benzene rings is 1. The van der Waals surface area contributed by atoms with Gasteiger partial charge in [-0.3, -0.25) is 4.79 Å². The van der Waals surface area contributed by atoms with Gasteiger partial charge < -0.3 is 14.5 Å². The van der Waals surface area contributed by atoms with Crippen LogP contribution in [-0.4, -0.2) is 34.2 Å². The summed E-state index contributed by atoms with van der Waals surface area (Å²) in [4.78, 5) is 32.3. The van der Waals surface area contributed by atoms with E-state index in [1.807, 2.05) is 0 Å². The molecule has 0 fully saturated rings. The number of carbonyl (C=O) groups is 2. The molecule has 2 aromatic heterocycles. The van der Waals surface area contributed by atoms with Gasteiger partial charge in [-0.05, 0) is 31.2 Å². The number of rotatable bonds is 6. The Morgan fingerprint density at radius 1 is 1.24 bits per heavy atom. The van der Waals surface area contributed by atoms with E-state index in [0.29, 0.717) is 27.7 Å². The van der Waals surface area contributed by atoms with Crippen molar-refractivity contribution in [2.24, 2.45) is 0 Å². The smallest absolute Gasteiger partial charge is 0.340 e. The first kappa shape index (κ1) is 17.0. The van der Waals surface area contributed by atoms with Crippen LogP contribution in [0, 0.1) is 0 Å². The molecule has 3 aromatic rings. The molecular weight excluding hydrogens is 342 g/mol. The van der Waals surface area contributed by atoms with E-state index in [1.54, 1.807) is 49.5 Å². The van der Waals surface area contributed by atoms with Crippen LogP contribution in [-0.2, 0) is 9.53 Å². The van der Waals surface area contributed by atoms with E-state index in [1.165, 1.54) is 0 Å². The number of thioether (sulfide) groups is 1. The predicted octanol–water partition coefficient (Wildman–Crippen LogP) is 3.13. The Labute approximate surface area is 147 Å². The number of fused-ring (bicyclic) bond motifs is 1. The highest BCUT2D eigenvalue weighted by Gasteiger charge is 2.15. The van der Waals surface area contributed by atoms with Crippen LogP contribution in [0.3, 0.4) is 0 Å². The Morgan fingerprint density at radius 2 is 2.08 bits per heavy atom. The zero-order chi connectivity index (χ0) is 17.6. The van der Waals surface area contributed by atoms with Crippen molar-refractivity contribution in [3.8, 4) is 0 Å². The number of carbonyl (C=O) groups excluding carboxylic acids is 2. The van der Waals surface area contributed by atoms with E-state index in [0.717, 1.165) is 11.8 Å². The monoisotopic (exact) mass is 357 g/mol. The molecule has 3 rings (SSSR count). The number of aromatic nitrogens is 2. The van der Waals surface area contributed by atoms with Crippen LogP contribution in [0.1, 0.15) is 17.3 Å². The Bertz CT molecular complexity index is 877. The number of nitrogens with one attached hydrogen (secondary N) is 1. The van der Waals surface area contributed by atoms with E-state index < -0.39 is 5.97 Å². The highest BCUT2D eigenvalue weighted by molar-refractivity contribution is 7.99. The fraction of sp³-hybridized carbons (Fsp3) is 0.176. The average molecular weight is 357 g/mol. The maximum atomic E-state index is 12.2. The molecule has 0 spiro atoms. The number of hydrogen-bond acceptors (Lipinski definition) is 7. The van der Waals surface area contributed by atoms with Crippen molar-refractivity contribution in [3.63, 3.8) is 0 Å². The Morgan fingerprint density at radius 3 is 2.88 bits per heavy atom. The average Bonchev–Trinajstić information content (AvgIpc) is 3.03.